The number of anilines is 1. The molecule has 2 atom stereocenters. The van der Waals surface area contributed by atoms with Crippen molar-refractivity contribution in [1.29, 1.82) is 0 Å². The van der Waals surface area contributed by atoms with Crippen molar-refractivity contribution >= 4 is 11.4 Å². The fourth-order valence-corrected chi connectivity index (χ4v) is 2.48. The molecule has 0 spiro atoms. The van der Waals surface area contributed by atoms with Gasteiger partial charge >= 0.3 is 0 Å². The van der Waals surface area contributed by atoms with E-state index >= 15 is 0 Å². The van der Waals surface area contributed by atoms with Crippen molar-refractivity contribution in [1.82, 2.24) is 0 Å². The topological polar surface area (TPSA) is 81.2 Å². The van der Waals surface area contributed by atoms with Crippen molar-refractivity contribution in [2.45, 2.75) is 44.7 Å². The minimum absolute atomic E-state index is 0.0114. The summed E-state index contributed by atoms with van der Waals surface area (Å²) in [6.07, 6.45) is 3.93. The third-order valence-electron chi connectivity index (χ3n) is 3.63. The Morgan fingerprint density at radius 1 is 1.42 bits per heavy atom. The Hall–Kier alpha value is -1.69. The monoisotopic (exact) mass is 267 g/mol. The zero-order chi connectivity index (χ0) is 14.0. The largest absolute Gasteiger partial charge is 0.375 e. The molecule has 1 aromatic carbocycles. The van der Waals surface area contributed by atoms with Gasteiger partial charge in [-0.1, -0.05) is 12.8 Å². The highest BCUT2D eigenvalue weighted by atomic mass is 19.1. The second-order valence-corrected chi connectivity index (χ2v) is 5.07. The second-order valence-electron chi connectivity index (χ2n) is 5.07. The Kier molecular flexibility index (Phi) is 3.99. The van der Waals surface area contributed by atoms with Crippen LogP contribution in [0.3, 0.4) is 0 Å². The molecule has 104 valence electrons. The second kappa shape index (κ2) is 5.52. The van der Waals surface area contributed by atoms with Gasteiger partial charge in [-0.05, 0) is 31.4 Å². The van der Waals surface area contributed by atoms with Gasteiger partial charge < -0.3 is 11.1 Å². The lowest BCUT2D eigenvalue weighted by Gasteiger charge is -2.30. The van der Waals surface area contributed by atoms with E-state index in [1.165, 1.54) is 6.07 Å². The van der Waals surface area contributed by atoms with Gasteiger partial charge in [-0.15, -0.1) is 0 Å². The van der Waals surface area contributed by atoms with Crippen molar-refractivity contribution in [3.05, 3.63) is 33.6 Å². The number of aryl methyl sites for hydroxylation is 1. The number of hydrogen-bond acceptors (Lipinski definition) is 4. The van der Waals surface area contributed by atoms with E-state index in [1.807, 2.05) is 0 Å². The maximum absolute atomic E-state index is 13.4. The van der Waals surface area contributed by atoms with E-state index in [-0.39, 0.29) is 17.8 Å². The third kappa shape index (κ3) is 3.01. The normalized spacial score (nSPS) is 23.1. The third-order valence-corrected chi connectivity index (χ3v) is 3.63. The molecule has 6 heteroatoms. The molecule has 3 N–H and O–H groups in total. The Labute approximate surface area is 111 Å². The zero-order valence-electron chi connectivity index (χ0n) is 10.9. The lowest BCUT2D eigenvalue weighted by molar-refractivity contribution is -0.384. The lowest BCUT2D eigenvalue weighted by Crippen LogP contribution is -2.42. The molecule has 1 aromatic rings. The predicted octanol–water partition coefficient (Wildman–Crippen LogP) is 2.72. The SMILES string of the molecule is Cc1cc(NC2CCCCC2N)c([N+](=O)[O-])cc1F. The van der Waals surface area contributed by atoms with Crippen LogP contribution < -0.4 is 11.1 Å². The number of hydrogen-bond donors (Lipinski definition) is 2. The van der Waals surface area contributed by atoms with Crippen LogP contribution in [0.25, 0.3) is 0 Å². The van der Waals surface area contributed by atoms with Crippen LogP contribution in [0.1, 0.15) is 31.2 Å². The first kappa shape index (κ1) is 13.7. The van der Waals surface area contributed by atoms with Gasteiger partial charge in [0.2, 0.25) is 0 Å². The van der Waals surface area contributed by atoms with Gasteiger partial charge in [-0.25, -0.2) is 4.39 Å². The molecule has 2 rings (SSSR count). The van der Waals surface area contributed by atoms with Crippen LogP contribution in [0, 0.1) is 22.9 Å². The van der Waals surface area contributed by atoms with Gasteiger partial charge in [0, 0.05) is 12.1 Å². The van der Waals surface area contributed by atoms with Crippen LogP contribution in [0.2, 0.25) is 0 Å². The van der Waals surface area contributed by atoms with Crippen LogP contribution in [0.5, 0.6) is 0 Å². The number of nitrogens with two attached hydrogens (primary N) is 1. The highest BCUT2D eigenvalue weighted by Crippen LogP contribution is 2.30. The fourth-order valence-electron chi connectivity index (χ4n) is 2.48. The minimum Gasteiger partial charge on any atom is -0.375 e. The van der Waals surface area contributed by atoms with E-state index < -0.39 is 10.7 Å². The molecule has 1 fully saturated rings. The highest BCUT2D eigenvalue weighted by molar-refractivity contribution is 5.63. The minimum atomic E-state index is -0.570. The Morgan fingerprint density at radius 3 is 2.74 bits per heavy atom. The smallest absolute Gasteiger partial charge is 0.295 e. The molecule has 1 aliphatic rings. The number of nitrogens with one attached hydrogen (secondary N) is 1. The summed E-state index contributed by atoms with van der Waals surface area (Å²) in [6, 6.07) is 2.44. The van der Waals surface area contributed by atoms with E-state index in [0.29, 0.717) is 11.3 Å². The van der Waals surface area contributed by atoms with Crippen molar-refractivity contribution in [3.8, 4) is 0 Å². The van der Waals surface area contributed by atoms with E-state index in [1.54, 1.807) is 6.92 Å². The van der Waals surface area contributed by atoms with Crippen LogP contribution in [0.15, 0.2) is 12.1 Å². The number of benzene rings is 1. The fraction of sp³-hybridized carbons (Fsp3) is 0.538. The van der Waals surface area contributed by atoms with E-state index in [0.717, 1.165) is 31.7 Å². The maximum atomic E-state index is 13.4. The Bertz CT molecular complexity index is 493. The molecule has 5 nitrogen and oxygen atoms in total. The van der Waals surface area contributed by atoms with Gasteiger partial charge in [-0.2, -0.15) is 0 Å². The molecule has 1 saturated carbocycles. The molecule has 0 heterocycles. The summed E-state index contributed by atoms with van der Waals surface area (Å²) in [7, 11) is 0. The summed E-state index contributed by atoms with van der Waals surface area (Å²) in [5.74, 6) is -0.565. The van der Waals surface area contributed by atoms with Gasteiger partial charge in [0.1, 0.15) is 11.5 Å². The summed E-state index contributed by atoms with van der Waals surface area (Å²) >= 11 is 0. The van der Waals surface area contributed by atoms with Crippen molar-refractivity contribution in [2.75, 3.05) is 5.32 Å². The molecule has 2 unspecified atom stereocenters. The first-order chi connectivity index (χ1) is 8.99. The standard InChI is InChI=1S/C13H18FN3O2/c1-8-6-12(13(17(18)19)7-9(8)14)16-11-5-3-2-4-10(11)15/h6-7,10-11,16H,2-5,15H2,1H3. The molecule has 0 saturated heterocycles. The molecular formula is C13H18FN3O2. The molecule has 0 radical (unpaired) electrons. The first-order valence-corrected chi connectivity index (χ1v) is 6.45. The zero-order valence-corrected chi connectivity index (χ0v) is 10.9. The van der Waals surface area contributed by atoms with Crippen LogP contribution in [-0.4, -0.2) is 17.0 Å². The Morgan fingerprint density at radius 2 is 2.11 bits per heavy atom. The van der Waals surface area contributed by atoms with Crippen molar-refractivity contribution < 1.29 is 9.31 Å². The molecule has 0 bridgehead atoms. The molecule has 0 aromatic heterocycles. The number of nitro groups is 1. The summed E-state index contributed by atoms with van der Waals surface area (Å²) < 4.78 is 13.4. The van der Waals surface area contributed by atoms with Crippen LogP contribution in [-0.2, 0) is 0 Å². The van der Waals surface area contributed by atoms with Gasteiger partial charge in [0.25, 0.3) is 5.69 Å². The van der Waals surface area contributed by atoms with E-state index in [2.05, 4.69) is 5.32 Å². The Balaban J connectivity index is 2.27. The maximum Gasteiger partial charge on any atom is 0.295 e. The average Bonchev–Trinajstić information content (AvgIpc) is 2.36. The lowest BCUT2D eigenvalue weighted by atomic mass is 9.91. The number of halogens is 1. The highest BCUT2D eigenvalue weighted by Gasteiger charge is 2.25. The summed E-state index contributed by atoms with van der Waals surface area (Å²) in [5, 5.41) is 14.1. The van der Waals surface area contributed by atoms with E-state index in [4.69, 9.17) is 5.73 Å². The first-order valence-electron chi connectivity index (χ1n) is 6.45. The summed E-state index contributed by atoms with van der Waals surface area (Å²) in [4.78, 5) is 10.4. The molecule has 0 amide bonds. The van der Waals surface area contributed by atoms with Gasteiger partial charge in [0.05, 0.1) is 11.0 Å². The summed E-state index contributed by atoms with van der Waals surface area (Å²) in [5.41, 5.74) is 6.52. The average molecular weight is 267 g/mol. The summed E-state index contributed by atoms with van der Waals surface area (Å²) in [6.45, 7) is 1.59. The van der Waals surface area contributed by atoms with Crippen LogP contribution >= 0.6 is 0 Å². The number of rotatable bonds is 3. The van der Waals surface area contributed by atoms with Crippen molar-refractivity contribution in [3.63, 3.8) is 0 Å². The molecule has 1 aliphatic carbocycles. The molecule has 19 heavy (non-hydrogen) atoms. The van der Waals surface area contributed by atoms with Gasteiger partial charge in [-0.3, -0.25) is 10.1 Å². The van der Waals surface area contributed by atoms with Crippen LogP contribution in [0.4, 0.5) is 15.8 Å². The van der Waals surface area contributed by atoms with Crippen molar-refractivity contribution in [2.24, 2.45) is 5.73 Å². The number of nitrogens with zero attached hydrogens (tertiary/aromatic N) is 1. The number of nitro benzene ring substituents is 1. The molecular weight excluding hydrogens is 249 g/mol. The quantitative estimate of drug-likeness (QED) is 0.651. The van der Waals surface area contributed by atoms with Gasteiger partial charge in [0.15, 0.2) is 0 Å². The molecule has 0 aliphatic heterocycles. The van der Waals surface area contributed by atoms with E-state index in [9.17, 15) is 14.5 Å². The predicted molar refractivity (Wildman–Crippen MR) is 71.6 cm³/mol.